The molecule has 1 saturated heterocycles. The van der Waals surface area contributed by atoms with Gasteiger partial charge in [-0.15, -0.1) is 0 Å². The van der Waals surface area contributed by atoms with Gasteiger partial charge in [0.05, 0.1) is 5.69 Å². The number of rotatable bonds is 2. The Kier molecular flexibility index (Phi) is 4.01. The predicted molar refractivity (Wildman–Crippen MR) is 87.8 cm³/mol. The Balaban J connectivity index is 1.83. The van der Waals surface area contributed by atoms with Crippen LogP contribution in [0.2, 0.25) is 0 Å². The summed E-state index contributed by atoms with van der Waals surface area (Å²) in [6.45, 7) is 7.15. The van der Waals surface area contributed by atoms with Gasteiger partial charge in [-0.3, -0.25) is 9.89 Å². The van der Waals surface area contributed by atoms with Crippen LogP contribution >= 0.6 is 0 Å². The van der Waals surface area contributed by atoms with Gasteiger partial charge in [0, 0.05) is 18.2 Å². The number of carbonyl (C=O) groups is 1. The van der Waals surface area contributed by atoms with Crippen molar-refractivity contribution in [1.29, 1.82) is 0 Å². The van der Waals surface area contributed by atoms with Gasteiger partial charge in [-0.05, 0) is 63.3 Å². The molecule has 116 valence electrons. The highest BCUT2D eigenvalue weighted by molar-refractivity contribution is 5.93. The number of nitrogens with zero attached hydrogens (tertiary/aromatic N) is 2. The Morgan fingerprint density at radius 2 is 2.05 bits per heavy atom. The number of amides is 1. The summed E-state index contributed by atoms with van der Waals surface area (Å²) in [5, 5.41) is 7.24. The van der Waals surface area contributed by atoms with Crippen LogP contribution in [-0.2, 0) is 0 Å². The lowest BCUT2D eigenvalue weighted by atomic mass is 10.0. The number of hydrogen-bond acceptors (Lipinski definition) is 2. The topological polar surface area (TPSA) is 49.0 Å². The average Bonchev–Trinajstić information content (AvgIpc) is 3.00. The second-order valence-corrected chi connectivity index (χ2v) is 6.31. The van der Waals surface area contributed by atoms with Gasteiger partial charge in [0.15, 0.2) is 0 Å². The molecule has 1 aliphatic heterocycles. The lowest BCUT2D eigenvalue weighted by Gasteiger charge is -2.32. The summed E-state index contributed by atoms with van der Waals surface area (Å²) in [6.07, 6.45) is 3.39. The molecule has 1 aliphatic rings. The number of aromatic nitrogens is 2. The van der Waals surface area contributed by atoms with Gasteiger partial charge in [0.25, 0.3) is 5.91 Å². The lowest BCUT2D eigenvalue weighted by molar-refractivity contribution is 0.0629. The number of aromatic amines is 1. The first-order chi connectivity index (χ1) is 10.6. The zero-order chi connectivity index (χ0) is 15.7. The maximum atomic E-state index is 12.6. The zero-order valence-electron chi connectivity index (χ0n) is 13.5. The third-order valence-corrected chi connectivity index (χ3v) is 4.67. The van der Waals surface area contributed by atoms with Gasteiger partial charge in [0.2, 0.25) is 0 Å². The van der Waals surface area contributed by atoms with Crippen molar-refractivity contribution in [1.82, 2.24) is 15.1 Å². The highest BCUT2D eigenvalue weighted by Gasteiger charge is 2.25. The molecule has 4 nitrogen and oxygen atoms in total. The summed E-state index contributed by atoms with van der Waals surface area (Å²) in [7, 11) is 0. The van der Waals surface area contributed by atoms with E-state index >= 15 is 0 Å². The van der Waals surface area contributed by atoms with Crippen molar-refractivity contribution in [2.75, 3.05) is 6.54 Å². The van der Waals surface area contributed by atoms with Crippen LogP contribution in [0.15, 0.2) is 24.3 Å². The van der Waals surface area contributed by atoms with E-state index in [0.29, 0.717) is 11.7 Å². The summed E-state index contributed by atoms with van der Waals surface area (Å²) in [6, 6.07) is 8.44. The summed E-state index contributed by atoms with van der Waals surface area (Å²) in [5.41, 5.74) is 4.96. The molecule has 1 aromatic heterocycles. The fraction of sp³-hybridized carbons (Fsp3) is 0.444. The van der Waals surface area contributed by atoms with E-state index in [1.165, 1.54) is 17.5 Å². The van der Waals surface area contributed by atoms with Crippen LogP contribution in [0, 0.1) is 13.8 Å². The van der Waals surface area contributed by atoms with Crippen molar-refractivity contribution in [2.24, 2.45) is 0 Å². The Bertz CT molecular complexity index is 689. The summed E-state index contributed by atoms with van der Waals surface area (Å²) in [5.74, 6) is 0.0646. The summed E-state index contributed by atoms with van der Waals surface area (Å²) < 4.78 is 0. The molecule has 2 aromatic rings. The molecule has 4 heteroatoms. The molecule has 1 aromatic carbocycles. The number of hydrogen-bond donors (Lipinski definition) is 1. The highest BCUT2D eigenvalue weighted by Crippen LogP contribution is 2.23. The summed E-state index contributed by atoms with van der Waals surface area (Å²) in [4.78, 5) is 14.6. The van der Waals surface area contributed by atoms with Crippen molar-refractivity contribution in [2.45, 2.75) is 46.1 Å². The fourth-order valence-corrected chi connectivity index (χ4v) is 3.03. The van der Waals surface area contributed by atoms with E-state index in [0.717, 1.165) is 30.6 Å². The minimum absolute atomic E-state index is 0.0646. The van der Waals surface area contributed by atoms with Gasteiger partial charge in [0.1, 0.15) is 5.69 Å². The monoisotopic (exact) mass is 297 g/mol. The van der Waals surface area contributed by atoms with Crippen molar-refractivity contribution < 1.29 is 4.79 Å². The number of carbonyl (C=O) groups excluding carboxylic acids is 1. The van der Waals surface area contributed by atoms with E-state index in [-0.39, 0.29) is 5.91 Å². The molecule has 0 bridgehead atoms. The molecule has 2 heterocycles. The second-order valence-electron chi connectivity index (χ2n) is 6.31. The summed E-state index contributed by atoms with van der Waals surface area (Å²) >= 11 is 0. The highest BCUT2D eigenvalue weighted by atomic mass is 16.2. The van der Waals surface area contributed by atoms with E-state index in [9.17, 15) is 4.79 Å². The number of nitrogens with one attached hydrogen (secondary N) is 1. The molecule has 0 spiro atoms. The second kappa shape index (κ2) is 5.95. The normalized spacial score (nSPS) is 18.5. The average molecular weight is 297 g/mol. The van der Waals surface area contributed by atoms with Crippen molar-refractivity contribution >= 4 is 5.91 Å². The van der Waals surface area contributed by atoms with Crippen LogP contribution in [-0.4, -0.2) is 33.6 Å². The number of piperidine rings is 1. The van der Waals surface area contributed by atoms with E-state index in [1.807, 2.05) is 11.0 Å². The molecular formula is C18H23N3O. The van der Waals surface area contributed by atoms with Crippen LogP contribution in [0.1, 0.15) is 47.8 Å². The van der Waals surface area contributed by atoms with E-state index in [2.05, 4.69) is 49.2 Å². The number of benzene rings is 1. The largest absolute Gasteiger partial charge is 0.335 e. The third-order valence-electron chi connectivity index (χ3n) is 4.67. The van der Waals surface area contributed by atoms with Crippen LogP contribution in [0.25, 0.3) is 11.3 Å². The maximum Gasteiger partial charge on any atom is 0.272 e. The number of aryl methyl sites for hydroxylation is 2. The quantitative estimate of drug-likeness (QED) is 0.918. The van der Waals surface area contributed by atoms with E-state index < -0.39 is 0 Å². The predicted octanol–water partition coefficient (Wildman–Crippen LogP) is 3.71. The molecule has 0 saturated carbocycles. The molecule has 22 heavy (non-hydrogen) atoms. The Morgan fingerprint density at radius 3 is 2.77 bits per heavy atom. The van der Waals surface area contributed by atoms with Gasteiger partial charge in [-0.25, -0.2) is 0 Å². The van der Waals surface area contributed by atoms with Gasteiger partial charge >= 0.3 is 0 Å². The lowest BCUT2D eigenvalue weighted by Crippen LogP contribution is -2.42. The van der Waals surface area contributed by atoms with Crippen molar-refractivity contribution in [3.05, 3.63) is 41.1 Å². The molecule has 0 aliphatic carbocycles. The van der Waals surface area contributed by atoms with Gasteiger partial charge in [-0.1, -0.05) is 12.1 Å². The first-order valence-corrected chi connectivity index (χ1v) is 8.00. The van der Waals surface area contributed by atoms with Gasteiger partial charge < -0.3 is 4.90 Å². The Morgan fingerprint density at radius 1 is 1.23 bits per heavy atom. The molecular weight excluding hydrogens is 274 g/mol. The minimum atomic E-state index is 0.0646. The Hall–Kier alpha value is -2.10. The molecule has 0 unspecified atom stereocenters. The molecule has 1 amide bonds. The maximum absolute atomic E-state index is 12.6. The van der Waals surface area contributed by atoms with Crippen LogP contribution in [0.3, 0.4) is 0 Å². The smallest absolute Gasteiger partial charge is 0.272 e. The molecule has 0 radical (unpaired) electrons. The van der Waals surface area contributed by atoms with Crippen molar-refractivity contribution in [3.63, 3.8) is 0 Å². The fourth-order valence-electron chi connectivity index (χ4n) is 3.03. The van der Waals surface area contributed by atoms with Crippen LogP contribution < -0.4 is 0 Å². The Labute approximate surface area is 131 Å². The molecule has 1 N–H and O–H groups in total. The van der Waals surface area contributed by atoms with Gasteiger partial charge in [-0.2, -0.15) is 5.10 Å². The third kappa shape index (κ3) is 2.78. The van der Waals surface area contributed by atoms with E-state index in [1.54, 1.807) is 0 Å². The number of likely N-dealkylation sites (tertiary alicyclic amines) is 1. The SMILES string of the molecule is Cc1ccc(-c2cc(C(=O)N3CCCC[C@H]3C)[nH]n2)cc1C. The van der Waals surface area contributed by atoms with E-state index in [4.69, 9.17) is 0 Å². The molecule has 1 atom stereocenters. The van der Waals surface area contributed by atoms with Crippen LogP contribution in [0.5, 0.6) is 0 Å². The first kappa shape index (κ1) is 14.8. The van der Waals surface area contributed by atoms with Crippen molar-refractivity contribution in [3.8, 4) is 11.3 Å². The standard InChI is InChI=1S/C18H23N3O/c1-12-7-8-15(10-13(12)2)16-11-17(20-19-16)18(22)21-9-5-4-6-14(21)3/h7-8,10-11,14H,4-6,9H2,1-3H3,(H,19,20)/t14-/m1/s1. The van der Waals surface area contributed by atoms with Crippen LogP contribution in [0.4, 0.5) is 0 Å². The molecule has 1 fully saturated rings. The number of H-pyrrole nitrogens is 1. The first-order valence-electron chi connectivity index (χ1n) is 8.00. The zero-order valence-corrected chi connectivity index (χ0v) is 13.5. The molecule has 3 rings (SSSR count). The minimum Gasteiger partial charge on any atom is -0.335 e.